The first-order valence-corrected chi connectivity index (χ1v) is 8.37. The summed E-state index contributed by atoms with van der Waals surface area (Å²) in [6, 6.07) is 13.2. The first-order valence-electron chi connectivity index (χ1n) is 7.58. The number of esters is 1. The highest BCUT2D eigenvalue weighted by molar-refractivity contribution is 9.10. The average Bonchev–Trinajstić information content (AvgIpc) is 3.07. The molecule has 0 aliphatic carbocycles. The Morgan fingerprint density at radius 3 is 2.58 bits per heavy atom. The minimum absolute atomic E-state index is 0.0691. The minimum atomic E-state index is -0.647. The molecule has 3 rings (SSSR count). The van der Waals surface area contributed by atoms with Crippen LogP contribution in [0, 0.1) is 0 Å². The first kappa shape index (κ1) is 16.5. The summed E-state index contributed by atoms with van der Waals surface area (Å²) in [7, 11) is 0. The van der Waals surface area contributed by atoms with E-state index in [4.69, 9.17) is 9.15 Å². The van der Waals surface area contributed by atoms with Gasteiger partial charge in [-0.2, -0.15) is 0 Å². The quantitative estimate of drug-likeness (QED) is 0.750. The molecule has 0 unspecified atom stereocenters. The Hall–Kier alpha value is -2.34. The third kappa shape index (κ3) is 3.94. The van der Waals surface area contributed by atoms with E-state index in [-0.39, 0.29) is 18.3 Å². The second-order valence-electron chi connectivity index (χ2n) is 5.37. The normalized spacial score (nSPS) is 14.2. The minimum Gasteiger partial charge on any atom is -0.450 e. The fourth-order valence-electron chi connectivity index (χ4n) is 2.52. The van der Waals surface area contributed by atoms with Crippen molar-refractivity contribution in [1.29, 1.82) is 0 Å². The standard InChI is InChI=1S/C18H16BrNO4/c19-16-7-6-15(24-16)18(22)23-12-17(21)20-10-8-14(9-11-20)13-4-2-1-3-5-13/h1-8H,9-12H2. The molecule has 0 saturated heterocycles. The molecule has 5 nitrogen and oxygen atoms in total. The van der Waals surface area contributed by atoms with Crippen LogP contribution in [0.3, 0.4) is 0 Å². The molecule has 1 aromatic heterocycles. The highest BCUT2D eigenvalue weighted by Crippen LogP contribution is 2.22. The zero-order chi connectivity index (χ0) is 16.9. The average molecular weight is 390 g/mol. The Bertz CT molecular complexity index is 766. The van der Waals surface area contributed by atoms with Crippen molar-refractivity contribution in [2.45, 2.75) is 6.42 Å². The molecule has 2 heterocycles. The zero-order valence-corrected chi connectivity index (χ0v) is 14.5. The van der Waals surface area contributed by atoms with Crippen molar-refractivity contribution < 1.29 is 18.7 Å². The molecule has 0 atom stereocenters. The van der Waals surface area contributed by atoms with Crippen LogP contribution in [0.5, 0.6) is 0 Å². The van der Waals surface area contributed by atoms with Crippen molar-refractivity contribution >= 4 is 33.4 Å². The number of carbonyl (C=O) groups excluding carboxylic acids is 2. The molecule has 0 bridgehead atoms. The fourth-order valence-corrected chi connectivity index (χ4v) is 2.83. The summed E-state index contributed by atoms with van der Waals surface area (Å²) in [6.07, 6.45) is 2.83. The van der Waals surface area contributed by atoms with Crippen LogP contribution in [-0.4, -0.2) is 36.5 Å². The third-order valence-corrected chi connectivity index (χ3v) is 4.23. The van der Waals surface area contributed by atoms with E-state index in [1.807, 2.05) is 24.3 Å². The van der Waals surface area contributed by atoms with Gasteiger partial charge in [0, 0.05) is 13.1 Å². The molecule has 1 amide bonds. The van der Waals surface area contributed by atoms with Crippen LogP contribution in [0.15, 0.2) is 57.6 Å². The van der Waals surface area contributed by atoms with E-state index in [0.29, 0.717) is 17.8 Å². The molecule has 124 valence electrons. The molecular formula is C18H16BrNO4. The smallest absolute Gasteiger partial charge is 0.374 e. The monoisotopic (exact) mass is 389 g/mol. The van der Waals surface area contributed by atoms with Gasteiger partial charge in [-0.05, 0) is 45.6 Å². The predicted molar refractivity (Wildman–Crippen MR) is 92.3 cm³/mol. The number of hydrogen-bond acceptors (Lipinski definition) is 4. The summed E-state index contributed by atoms with van der Waals surface area (Å²) in [6.45, 7) is 0.849. The second kappa shape index (κ2) is 7.49. The summed E-state index contributed by atoms with van der Waals surface area (Å²) in [4.78, 5) is 25.6. The van der Waals surface area contributed by atoms with E-state index in [1.54, 1.807) is 11.0 Å². The molecule has 0 radical (unpaired) electrons. The van der Waals surface area contributed by atoms with E-state index in [9.17, 15) is 9.59 Å². The van der Waals surface area contributed by atoms with Gasteiger partial charge in [-0.3, -0.25) is 4.79 Å². The van der Waals surface area contributed by atoms with Gasteiger partial charge in [0.1, 0.15) is 0 Å². The van der Waals surface area contributed by atoms with Gasteiger partial charge in [-0.25, -0.2) is 4.79 Å². The largest absolute Gasteiger partial charge is 0.450 e. The first-order chi connectivity index (χ1) is 11.6. The molecule has 1 aliphatic rings. The van der Waals surface area contributed by atoms with Crippen molar-refractivity contribution in [2.24, 2.45) is 0 Å². The molecule has 0 N–H and O–H groups in total. The molecule has 2 aromatic rings. The van der Waals surface area contributed by atoms with E-state index >= 15 is 0 Å². The van der Waals surface area contributed by atoms with Gasteiger partial charge in [-0.15, -0.1) is 0 Å². The maximum Gasteiger partial charge on any atom is 0.374 e. The maximum absolute atomic E-state index is 12.2. The summed E-state index contributed by atoms with van der Waals surface area (Å²) in [5.41, 5.74) is 2.41. The Morgan fingerprint density at radius 2 is 1.96 bits per heavy atom. The molecule has 1 aromatic carbocycles. The summed E-state index contributed by atoms with van der Waals surface area (Å²) >= 11 is 3.11. The number of nitrogens with zero attached hydrogens (tertiary/aromatic N) is 1. The lowest BCUT2D eigenvalue weighted by atomic mass is 10.00. The van der Waals surface area contributed by atoms with E-state index in [0.717, 1.165) is 6.42 Å². The lowest BCUT2D eigenvalue weighted by molar-refractivity contribution is -0.134. The van der Waals surface area contributed by atoms with Crippen molar-refractivity contribution in [3.8, 4) is 0 Å². The molecule has 0 saturated carbocycles. The van der Waals surface area contributed by atoms with Gasteiger partial charge in [-0.1, -0.05) is 36.4 Å². The number of hydrogen-bond donors (Lipinski definition) is 0. The Labute approximate surface area is 148 Å². The molecule has 0 spiro atoms. The van der Waals surface area contributed by atoms with Crippen LogP contribution in [0.4, 0.5) is 0 Å². The van der Waals surface area contributed by atoms with E-state index in [2.05, 4.69) is 28.1 Å². The Kier molecular flexibility index (Phi) is 5.15. The fraction of sp³-hybridized carbons (Fsp3) is 0.222. The highest BCUT2D eigenvalue weighted by atomic mass is 79.9. The number of ether oxygens (including phenoxy) is 1. The van der Waals surface area contributed by atoms with Crippen molar-refractivity contribution in [3.63, 3.8) is 0 Å². The van der Waals surface area contributed by atoms with Crippen LogP contribution in [0.25, 0.3) is 5.57 Å². The third-order valence-electron chi connectivity index (χ3n) is 3.81. The van der Waals surface area contributed by atoms with Crippen molar-refractivity contribution in [2.75, 3.05) is 19.7 Å². The number of halogens is 1. The molecule has 24 heavy (non-hydrogen) atoms. The number of rotatable bonds is 4. The lowest BCUT2D eigenvalue weighted by Crippen LogP contribution is -2.37. The van der Waals surface area contributed by atoms with E-state index < -0.39 is 5.97 Å². The summed E-state index contributed by atoms with van der Waals surface area (Å²) in [5, 5.41) is 0. The molecule has 0 fully saturated rings. The topological polar surface area (TPSA) is 59.8 Å². The van der Waals surface area contributed by atoms with Gasteiger partial charge in [0.2, 0.25) is 5.76 Å². The zero-order valence-electron chi connectivity index (χ0n) is 12.9. The van der Waals surface area contributed by atoms with Gasteiger partial charge >= 0.3 is 5.97 Å². The van der Waals surface area contributed by atoms with Crippen molar-refractivity contribution in [3.05, 3.63) is 64.5 Å². The molecule has 1 aliphatic heterocycles. The van der Waals surface area contributed by atoms with Gasteiger partial charge in [0.15, 0.2) is 11.3 Å². The van der Waals surface area contributed by atoms with Crippen molar-refractivity contribution in [1.82, 2.24) is 4.90 Å². The second-order valence-corrected chi connectivity index (χ2v) is 6.15. The van der Waals surface area contributed by atoms with E-state index in [1.165, 1.54) is 17.2 Å². The number of amides is 1. The van der Waals surface area contributed by atoms with Crippen LogP contribution < -0.4 is 0 Å². The SMILES string of the molecule is O=C(OCC(=O)N1CC=C(c2ccccc2)CC1)c1ccc(Br)o1. The molecule has 6 heteroatoms. The van der Waals surface area contributed by atoms with Crippen LogP contribution in [0.2, 0.25) is 0 Å². The van der Waals surface area contributed by atoms with Gasteiger partial charge in [0.05, 0.1) is 0 Å². The van der Waals surface area contributed by atoms with Crippen LogP contribution in [0.1, 0.15) is 22.5 Å². The van der Waals surface area contributed by atoms with Gasteiger partial charge in [0.25, 0.3) is 5.91 Å². The maximum atomic E-state index is 12.2. The lowest BCUT2D eigenvalue weighted by Gasteiger charge is -2.26. The Balaban J connectivity index is 1.52. The van der Waals surface area contributed by atoms with Crippen LogP contribution in [-0.2, 0) is 9.53 Å². The predicted octanol–water partition coefficient (Wildman–Crippen LogP) is 3.51. The summed E-state index contributed by atoms with van der Waals surface area (Å²) in [5.74, 6) is -0.788. The molecular weight excluding hydrogens is 374 g/mol. The van der Waals surface area contributed by atoms with Crippen LogP contribution >= 0.6 is 15.9 Å². The highest BCUT2D eigenvalue weighted by Gasteiger charge is 2.20. The number of furan rings is 1. The number of benzene rings is 1. The summed E-state index contributed by atoms with van der Waals surface area (Å²) < 4.78 is 10.5. The van der Waals surface area contributed by atoms with Gasteiger partial charge < -0.3 is 14.1 Å². The number of carbonyl (C=O) groups is 2. The Morgan fingerprint density at radius 1 is 1.17 bits per heavy atom.